The van der Waals surface area contributed by atoms with Crippen molar-refractivity contribution in [1.82, 2.24) is 0 Å². The molecule has 0 aliphatic heterocycles. The van der Waals surface area contributed by atoms with Crippen LogP contribution < -0.4 is 5.73 Å². The number of carbonyl (C=O) groups excluding carboxylic acids is 1. The van der Waals surface area contributed by atoms with Gasteiger partial charge in [-0.05, 0) is 12.8 Å². The molecule has 0 unspecified atom stereocenters. The second-order valence-corrected chi connectivity index (χ2v) is 3.34. The van der Waals surface area contributed by atoms with Crippen LogP contribution in [0.3, 0.4) is 0 Å². The van der Waals surface area contributed by atoms with Gasteiger partial charge in [-0.25, -0.2) is 0 Å². The normalized spacial score (nSPS) is 20.3. The fourth-order valence-corrected chi connectivity index (χ4v) is 1.62. The Morgan fingerprint density at radius 3 is 2.54 bits per heavy atom. The third-order valence-corrected chi connectivity index (χ3v) is 2.34. The van der Waals surface area contributed by atoms with Crippen molar-refractivity contribution < 1.29 is 9.53 Å². The zero-order valence-electron chi connectivity index (χ0n) is 7.58. The molecule has 1 saturated carbocycles. The number of nitriles is 1. The van der Waals surface area contributed by atoms with E-state index in [4.69, 9.17) is 15.7 Å². The molecule has 2 N–H and O–H groups in total. The van der Waals surface area contributed by atoms with Gasteiger partial charge in [-0.2, -0.15) is 5.26 Å². The van der Waals surface area contributed by atoms with Crippen molar-refractivity contribution in [3.8, 4) is 6.07 Å². The molecule has 0 aromatic rings. The van der Waals surface area contributed by atoms with Crippen molar-refractivity contribution >= 4 is 5.97 Å². The molecule has 1 aliphatic rings. The van der Waals surface area contributed by atoms with E-state index >= 15 is 0 Å². The van der Waals surface area contributed by atoms with Crippen LogP contribution in [-0.2, 0) is 9.53 Å². The number of hydrogen-bond acceptors (Lipinski definition) is 4. The van der Waals surface area contributed by atoms with E-state index in [0.29, 0.717) is 12.8 Å². The van der Waals surface area contributed by atoms with Gasteiger partial charge in [0.1, 0.15) is 6.07 Å². The van der Waals surface area contributed by atoms with Gasteiger partial charge in [0, 0.05) is 12.8 Å². The average molecular weight is 182 g/mol. The number of carbonyl (C=O) groups is 1. The molecule has 0 bridgehead atoms. The van der Waals surface area contributed by atoms with E-state index < -0.39 is 11.6 Å². The Kier molecular flexibility index (Phi) is 3.26. The average Bonchev–Trinajstić information content (AvgIpc) is 2.19. The summed E-state index contributed by atoms with van der Waals surface area (Å²) in [6.07, 6.45) is 4.31. The van der Waals surface area contributed by atoms with Gasteiger partial charge in [0.05, 0.1) is 6.54 Å². The first-order valence-corrected chi connectivity index (χ1v) is 4.55. The van der Waals surface area contributed by atoms with E-state index in [1.165, 1.54) is 0 Å². The SMILES string of the molecule is N#CC1(OC(=O)CN)CCCCC1. The first-order valence-electron chi connectivity index (χ1n) is 4.55. The molecule has 13 heavy (non-hydrogen) atoms. The summed E-state index contributed by atoms with van der Waals surface area (Å²) in [6, 6.07) is 2.08. The minimum atomic E-state index is -0.880. The first kappa shape index (κ1) is 10.0. The topological polar surface area (TPSA) is 76.1 Å². The molecule has 0 atom stereocenters. The van der Waals surface area contributed by atoms with Gasteiger partial charge in [0.2, 0.25) is 0 Å². The summed E-state index contributed by atoms with van der Waals surface area (Å²) < 4.78 is 5.05. The van der Waals surface area contributed by atoms with E-state index in [0.717, 1.165) is 19.3 Å². The maximum absolute atomic E-state index is 10.9. The van der Waals surface area contributed by atoms with Crippen LogP contribution in [0.4, 0.5) is 0 Å². The van der Waals surface area contributed by atoms with Crippen molar-refractivity contribution in [2.24, 2.45) is 5.73 Å². The zero-order valence-corrected chi connectivity index (χ0v) is 7.58. The van der Waals surface area contributed by atoms with Crippen LogP contribution in [0.5, 0.6) is 0 Å². The molecule has 0 aromatic carbocycles. The van der Waals surface area contributed by atoms with Gasteiger partial charge in [-0.3, -0.25) is 4.79 Å². The lowest BCUT2D eigenvalue weighted by Gasteiger charge is -2.29. The van der Waals surface area contributed by atoms with E-state index in [9.17, 15) is 4.79 Å². The molecule has 1 aliphatic carbocycles. The van der Waals surface area contributed by atoms with Gasteiger partial charge < -0.3 is 10.5 Å². The molecular formula is C9H14N2O2. The Balaban J connectivity index is 2.59. The Labute approximate surface area is 77.7 Å². The van der Waals surface area contributed by atoms with Gasteiger partial charge in [0.25, 0.3) is 0 Å². The second kappa shape index (κ2) is 4.24. The standard InChI is InChI=1S/C9H14N2O2/c10-6-8(12)13-9(7-11)4-2-1-3-5-9/h1-6,10H2. The van der Waals surface area contributed by atoms with Gasteiger partial charge in [-0.15, -0.1) is 0 Å². The summed E-state index contributed by atoms with van der Waals surface area (Å²) in [5, 5.41) is 8.92. The lowest BCUT2D eigenvalue weighted by Crippen LogP contribution is -2.37. The maximum atomic E-state index is 10.9. The lowest BCUT2D eigenvalue weighted by molar-refractivity contribution is -0.155. The van der Waals surface area contributed by atoms with Crippen molar-refractivity contribution in [2.45, 2.75) is 37.7 Å². The third-order valence-electron chi connectivity index (χ3n) is 2.34. The Bertz CT molecular complexity index is 226. The lowest BCUT2D eigenvalue weighted by atomic mass is 9.86. The van der Waals surface area contributed by atoms with Crippen LogP contribution >= 0.6 is 0 Å². The highest BCUT2D eigenvalue weighted by molar-refractivity contribution is 5.72. The Morgan fingerprint density at radius 2 is 2.08 bits per heavy atom. The summed E-state index contributed by atoms with van der Waals surface area (Å²) in [4.78, 5) is 10.9. The molecule has 1 rings (SSSR count). The molecule has 0 saturated heterocycles. The minimum absolute atomic E-state index is 0.149. The van der Waals surface area contributed by atoms with Crippen molar-refractivity contribution in [3.63, 3.8) is 0 Å². The van der Waals surface area contributed by atoms with E-state index in [1.807, 2.05) is 0 Å². The third kappa shape index (κ3) is 2.43. The highest BCUT2D eigenvalue weighted by Crippen LogP contribution is 2.30. The summed E-state index contributed by atoms with van der Waals surface area (Å²) in [6.45, 7) is -0.149. The highest BCUT2D eigenvalue weighted by Gasteiger charge is 2.35. The number of esters is 1. The summed E-state index contributed by atoms with van der Waals surface area (Å²) in [5.74, 6) is -0.483. The minimum Gasteiger partial charge on any atom is -0.443 e. The quantitative estimate of drug-likeness (QED) is 0.638. The van der Waals surface area contributed by atoms with E-state index in [-0.39, 0.29) is 6.54 Å². The molecule has 0 aromatic heterocycles. The van der Waals surface area contributed by atoms with Crippen molar-refractivity contribution in [3.05, 3.63) is 0 Å². The molecule has 4 heteroatoms. The van der Waals surface area contributed by atoms with Gasteiger partial charge >= 0.3 is 5.97 Å². The van der Waals surface area contributed by atoms with Crippen LogP contribution in [0.15, 0.2) is 0 Å². The molecule has 0 radical (unpaired) electrons. The molecule has 0 amide bonds. The number of hydrogen-bond donors (Lipinski definition) is 1. The zero-order chi connectivity index (χ0) is 9.73. The van der Waals surface area contributed by atoms with E-state index in [1.54, 1.807) is 0 Å². The predicted octanol–water partition coefficient (Wildman–Crippen LogP) is 0.715. The highest BCUT2D eigenvalue weighted by atomic mass is 16.6. The second-order valence-electron chi connectivity index (χ2n) is 3.34. The number of rotatable bonds is 2. The van der Waals surface area contributed by atoms with Gasteiger partial charge in [-0.1, -0.05) is 6.42 Å². The van der Waals surface area contributed by atoms with Crippen molar-refractivity contribution in [2.75, 3.05) is 6.54 Å². The molecule has 4 nitrogen and oxygen atoms in total. The molecule has 0 heterocycles. The molecule has 0 spiro atoms. The van der Waals surface area contributed by atoms with Crippen LogP contribution in [-0.4, -0.2) is 18.1 Å². The van der Waals surface area contributed by atoms with Crippen molar-refractivity contribution in [1.29, 1.82) is 5.26 Å². The smallest absolute Gasteiger partial charge is 0.321 e. The maximum Gasteiger partial charge on any atom is 0.321 e. The monoisotopic (exact) mass is 182 g/mol. The fourth-order valence-electron chi connectivity index (χ4n) is 1.62. The summed E-state index contributed by atoms with van der Waals surface area (Å²) in [7, 11) is 0. The fraction of sp³-hybridized carbons (Fsp3) is 0.778. The number of ether oxygens (including phenoxy) is 1. The Hall–Kier alpha value is -1.08. The predicted molar refractivity (Wildman–Crippen MR) is 46.6 cm³/mol. The van der Waals surface area contributed by atoms with Crippen LogP contribution in [0, 0.1) is 11.3 Å². The van der Waals surface area contributed by atoms with Crippen LogP contribution in [0.2, 0.25) is 0 Å². The summed E-state index contributed by atoms with van der Waals surface area (Å²) >= 11 is 0. The summed E-state index contributed by atoms with van der Waals surface area (Å²) in [5.41, 5.74) is 4.24. The number of nitrogens with zero attached hydrogens (tertiary/aromatic N) is 1. The Morgan fingerprint density at radius 1 is 1.46 bits per heavy atom. The number of nitrogens with two attached hydrogens (primary N) is 1. The van der Waals surface area contributed by atoms with Crippen LogP contribution in [0.25, 0.3) is 0 Å². The van der Waals surface area contributed by atoms with Gasteiger partial charge in [0.15, 0.2) is 5.60 Å². The molecule has 1 fully saturated rings. The van der Waals surface area contributed by atoms with Crippen LogP contribution in [0.1, 0.15) is 32.1 Å². The van der Waals surface area contributed by atoms with E-state index in [2.05, 4.69) is 6.07 Å². The first-order chi connectivity index (χ1) is 6.22. The molecular weight excluding hydrogens is 168 g/mol. The molecule has 72 valence electrons. The largest absolute Gasteiger partial charge is 0.443 e.